The van der Waals surface area contributed by atoms with Crippen LogP contribution in [0.1, 0.15) is 48.2 Å². The highest BCUT2D eigenvalue weighted by Gasteiger charge is 2.41. The number of Topliss-reactive ketones (excluding diaryl/α,β-unsaturated/α-hetero) is 1. The minimum atomic E-state index is 0.0780. The fourth-order valence-electron chi connectivity index (χ4n) is 4.95. The van der Waals surface area contributed by atoms with Gasteiger partial charge in [-0.15, -0.1) is 0 Å². The van der Waals surface area contributed by atoms with Crippen molar-refractivity contribution in [2.75, 3.05) is 0 Å². The van der Waals surface area contributed by atoms with Crippen LogP contribution in [0.3, 0.4) is 0 Å². The van der Waals surface area contributed by atoms with Gasteiger partial charge in [-0.25, -0.2) is 9.50 Å². The van der Waals surface area contributed by atoms with Crippen molar-refractivity contribution in [3.8, 4) is 0 Å². The van der Waals surface area contributed by atoms with E-state index in [0.29, 0.717) is 17.8 Å². The summed E-state index contributed by atoms with van der Waals surface area (Å²) in [5.41, 5.74) is 2.73. The number of piperidine rings is 2. The highest BCUT2D eigenvalue weighted by atomic mass is 16.1. The summed E-state index contributed by atoms with van der Waals surface area (Å²) in [5, 5.41) is 4.32. The second-order valence-corrected chi connectivity index (χ2v) is 7.87. The second kappa shape index (κ2) is 6.89. The van der Waals surface area contributed by atoms with Crippen molar-refractivity contribution in [2.45, 2.75) is 50.7 Å². The van der Waals surface area contributed by atoms with Gasteiger partial charge in [-0.2, -0.15) is 5.10 Å². The van der Waals surface area contributed by atoms with Crippen molar-refractivity contribution >= 4 is 11.4 Å². The molecule has 138 valence electrons. The van der Waals surface area contributed by atoms with Crippen LogP contribution in [0.4, 0.5) is 0 Å². The van der Waals surface area contributed by atoms with Gasteiger partial charge >= 0.3 is 0 Å². The summed E-state index contributed by atoms with van der Waals surface area (Å²) in [6.45, 7) is 0.994. The maximum Gasteiger partial charge on any atom is 0.186 e. The molecule has 0 spiro atoms. The predicted octanol–water partition coefficient (Wildman–Crippen LogP) is 3.75. The molecule has 3 aromatic rings. The minimum absolute atomic E-state index is 0.0780. The average Bonchev–Trinajstić information content (AvgIpc) is 3.12. The van der Waals surface area contributed by atoms with Gasteiger partial charge < -0.3 is 0 Å². The van der Waals surface area contributed by atoms with Crippen LogP contribution in [0.25, 0.3) is 5.65 Å². The van der Waals surface area contributed by atoms with E-state index in [1.807, 2.05) is 12.1 Å². The van der Waals surface area contributed by atoms with Gasteiger partial charge in [-0.1, -0.05) is 36.8 Å². The molecule has 0 amide bonds. The second-order valence-electron chi connectivity index (χ2n) is 7.87. The Hall–Kier alpha value is -2.53. The first-order valence-corrected chi connectivity index (χ1v) is 9.92. The molecular formula is C22H24N4O. The molecule has 5 rings (SSSR count). The third-order valence-electron chi connectivity index (χ3n) is 6.23. The molecule has 0 radical (unpaired) electrons. The smallest absolute Gasteiger partial charge is 0.186 e. The highest BCUT2D eigenvalue weighted by Crippen LogP contribution is 2.39. The van der Waals surface area contributed by atoms with E-state index in [-0.39, 0.29) is 11.7 Å². The van der Waals surface area contributed by atoms with Gasteiger partial charge in [0.2, 0.25) is 0 Å². The zero-order valence-electron chi connectivity index (χ0n) is 15.4. The fraction of sp³-hybridized carbons (Fsp3) is 0.409. The van der Waals surface area contributed by atoms with Crippen LogP contribution in [-0.4, -0.2) is 37.4 Å². The van der Waals surface area contributed by atoms with Gasteiger partial charge in [0.1, 0.15) is 5.69 Å². The van der Waals surface area contributed by atoms with Crippen LogP contribution in [0.15, 0.2) is 54.9 Å². The molecule has 0 saturated carbocycles. The largest absolute Gasteiger partial charge is 0.293 e. The third kappa shape index (κ3) is 3.06. The summed E-state index contributed by atoms with van der Waals surface area (Å²) in [6, 6.07) is 15.4. The van der Waals surface area contributed by atoms with E-state index in [4.69, 9.17) is 0 Å². The molecule has 27 heavy (non-hydrogen) atoms. The first-order chi connectivity index (χ1) is 13.3. The molecule has 2 unspecified atom stereocenters. The van der Waals surface area contributed by atoms with Crippen molar-refractivity contribution in [2.24, 2.45) is 5.92 Å². The molecule has 0 aliphatic carbocycles. The molecule has 2 aliphatic rings. The Labute approximate surface area is 159 Å². The molecule has 5 heteroatoms. The lowest BCUT2D eigenvalue weighted by Gasteiger charge is -2.48. The number of imidazole rings is 1. The van der Waals surface area contributed by atoms with Crippen molar-refractivity contribution in [3.63, 3.8) is 0 Å². The number of aromatic nitrogens is 3. The quantitative estimate of drug-likeness (QED) is 0.665. The van der Waals surface area contributed by atoms with Crippen LogP contribution in [0.2, 0.25) is 0 Å². The Bertz CT molecular complexity index is 937. The molecule has 2 saturated heterocycles. The first kappa shape index (κ1) is 16.6. The van der Waals surface area contributed by atoms with Crippen LogP contribution >= 0.6 is 0 Å². The van der Waals surface area contributed by atoms with Crippen LogP contribution < -0.4 is 0 Å². The normalized spacial score (nSPS) is 25.6. The van der Waals surface area contributed by atoms with Gasteiger partial charge in [0.15, 0.2) is 11.4 Å². The molecule has 2 atom stereocenters. The van der Waals surface area contributed by atoms with Crippen molar-refractivity contribution in [1.29, 1.82) is 0 Å². The van der Waals surface area contributed by atoms with Gasteiger partial charge in [0.25, 0.3) is 0 Å². The van der Waals surface area contributed by atoms with E-state index in [2.05, 4.69) is 45.3 Å². The van der Waals surface area contributed by atoms with E-state index in [9.17, 15) is 4.79 Å². The molecule has 5 nitrogen and oxygen atoms in total. The molecule has 0 N–H and O–H groups in total. The topological polar surface area (TPSA) is 50.5 Å². The number of carbonyl (C=O) groups excluding carboxylic acids is 1. The van der Waals surface area contributed by atoms with Gasteiger partial charge in [0, 0.05) is 30.7 Å². The fourth-order valence-corrected chi connectivity index (χ4v) is 4.95. The summed E-state index contributed by atoms with van der Waals surface area (Å²) < 4.78 is 1.69. The monoisotopic (exact) mass is 360 g/mol. The average molecular weight is 360 g/mol. The highest BCUT2D eigenvalue weighted by molar-refractivity contribution is 5.97. The lowest BCUT2D eigenvalue weighted by Crippen LogP contribution is -2.52. The van der Waals surface area contributed by atoms with Crippen LogP contribution in [0, 0.1) is 5.92 Å². The zero-order chi connectivity index (χ0) is 18.2. The molecule has 2 aromatic heterocycles. The standard InChI is InChI=1S/C22H24N4O/c27-22(20-14-23-21-10-5-11-24-26(20)21)17-12-18-8-4-9-19(13-17)25(18)15-16-6-2-1-3-7-16/h1-3,5-7,10-11,14,17-19H,4,8-9,12-13,15H2. The van der Waals surface area contributed by atoms with E-state index in [0.717, 1.165) is 25.0 Å². The first-order valence-electron chi connectivity index (χ1n) is 9.92. The van der Waals surface area contributed by atoms with E-state index < -0.39 is 0 Å². The summed E-state index contributed by atoms with van der Waals surface area (Å²) in [6.07, 6.45) is 8.96. The maximum absolute atomic E-state index is 13.3. The van der Waals surface area contributed by atoms with Gasteiger partial charge in [-0.05, 0) is 43.4 Å². The van der Waals surface area contributed by atoms with Crippen LogP contribution in [0.5, 0.6) is 0 Å². The van der Waals surface area contributed by atoms with Gasteiger partial charge in [0.05, 0.1) is 6.20 Å². The molecule has 2 aliphatic heterocycles. The Balaban J connectivity index is 1.37. The van der Waals surface area contributed by atoms with E-state index >= 15 is 0 Å². The van der Waals surface area contributed by atoms with Crippen molar-refractivity contribution < 1.29 is 4.79 Å². The number of ketones is 1. The number of benzene rings is 1. The van der Waals surface area contributed by atoms with Crippen molar-refractivity contribution in [3.05, 3.63) is 66.1 Å². The summed E-state index contributed by atoms with van der Waals surface area (Å²) >= 11 is 0. The minimum Gasteiger partial charge on any atom is -0.293 e. The number of hydrogen-bond donors (Lipinski definition) is 0. The summed E-state index contributed by atoms with van der Waals surface area (Å²) in [4.78, 5) is 20.2. The van der Waals surface area contributed by atoms with Gasteiger partial charge in [-0.3, -0.25) is 9.69 Å². The summed E-state index contributed by atoms with van der Waals surface area (Å²) in [7, 11) is 0. The van der Waals surface area contributed by atoms with Crippen LogP contribution in [-0.2, 0) is 6.54 Å². The number of rotatable bonds is 4. The zero-order valence-corrected chi connectivity index (χ0v) is 15.4. The third-order valence-corrected chi connectivity index (χ3v) is 6.23. The maximum atomic E-state index is 13.3. The Morgan fingerprint density at radius 1 is 1.04 bits per heavy atom. The van der Waals surface area contributed by atoms with Crippen molar-refractivity contribution in [1.82, 2.24) is 19.5 Å². The molecular weight excluding hydrogens is 336 g/mol. The Morgan fingerprint density at radius 3 is 2.59 bits per heavy atom. The summed E-state index contributed by atoms with van der Waals surface area (Å²) in [5.74, 6) is 0.284. The lowest BCUT2D eigenvalue weighted by atomic mass is 9.76. The SMILES string of the molecule is O=C(c1cnc2cccnn12)C1CC2CCCC(C1)N2Cc1ccccc1. The number of nitrogens with zero attached hydrogens (tertiary/aromatic N) is 4. The lowest BCUT2D eigenvalue weighted by molar-refractivity contribution is 0.00886. The van der Waals surface area contributed by atoms with E-state index in [1.165, 1.54) is 24.8 Å². The predicted molar refractivity (Wildman–Crippen MR) is 103 cm³/mol. The molecule has 2 bridgehead atoms. The molecule has 4 heterocycles. The molecule has 1 aromatic carbocycles. The Kier molecular flexibility index (Phi) is 4.24. The number of carbonyl (C=O) groups is 1. The molecule has 2 fully saturated rings. The number of fused-ring (bicyclic) bond motifs is 3. The number of hydrogen-bond acceptors (Lipinski definition) is 4. The van der Waals surface area contributed by atoms with E-state index in [1.54, 1.807) is 16.9 Å². The Morgan fingerprint density at radius 2 is 1.81 bits per heavy atom.